The van der Waals surface area contributed by atoms with E-state index in [1.54, 1.807) is 0 Å². The molecule has 0 saturated carbocycles. The summed E-state index contributed by atoms with van der Waals surface area (Å²) >= 11 is 0. The van der Waals surface area contributed by atoms with Crippen molar-refractivity contribution in [3.05, 3.63) is 0 Å². The summed E-state index contributed by atoms with van der Waals surface area (Å²) in [5.41, 5.74) is 0. The van der Waals surface area contributed by atoms with Crippen molar-refractivity contribution in [1.82, 2.24) is 0 Å². The van der Waals surface area contributed by atoms with E-state index in [4.69, 9.17) is 14.2 Å². The number of esters is 3. The first-order chi connectivity index (χ1) is 27.9. The average Bonchev–Trinajstić information content (AvgIpc) is 3.19. The molecule has 0 fully saturated rings. The lowest BCUT2D eigenvalue weighted by molar-refractivity contribution is -0.167. The standard InChI is InChI=1S/C51H98O6/c1-5-7-9-11-13-15-22-27-30-34-38-42-49(52)55-45-48(57-51(54)44-40-36-32-26-16-14-12-10-8-6-2)46-56-50(53)43-39-35-31-28-24-21-19-17-18-20-23-25-29-33-37-41-47(3)4/h47-48H,5-46H2,1-4H3/t48-/m0/s1. The van der Waals surface area contributed by atoms with E-state index in [1.165, 1.54) is 180 Å². The minimum absolute atomic E-state index is 0.0629. The highest BCUT2D eigenvalue weighted by Crippen LogP contribution is 2.17. The Kier molecular flexibility index (Phi) is 44.2. The molecular weight excluding hydrogens is 709 g/mol. The number of carbonyl (C=O) groups is 3. The first-order valence-corrected chi connectivity index (χ1v) is 25.4. The van der Waals surface area contributed by atoms with Crippen LogP contribution in [-0.2, 0) is 28.6 Å². The van der Waals surface area contributed by atoms with Gasteiger partial charge in [-0.05, 0) is 25.2 Å². The molecule has 0 unspecified atom stereocenters. The second kappa shape index (κ2) is 45.5. The monoisotopic (exact) mass is 807 g/mol. The van der Waals surface area contributed by atoms with Gasteiger partial charge in [-0.3, -0.25) is 14.4 Å². The lowest BCUT2D eigenvalue weighted by Crippen LogP contribution is -2.30. The summed E-state index contributed by atoms with van der Waals surface area (Å²) in [4.78, 5) is 37.8. The van der Waals surface area contributed by atoms with E-state index < -0.39 is 6.10 Å². The van der Waals surface area contributed by atoms with E-state index >= 15 is 0 Å². The number of hydrogen-bond donors (Lipinski definition) is 0. The van der Waals surface area contributed by atoms with Crippen LogP contribution in [0.4, 0.5) is 0 Å². The Morgan fingerprint density at radius 2 is 0.579 bits per heavy atom. The average molecular weight is 807 g/mol. The summed E-state index contributed by atoms with van der Waals surface area (Å²) < 4.78 is 16.8. The molecule has 0 rings (SSSR count). The Morgan fingerprint density at radius 3 is 0.860 bits per heavy atom. The van der Waals surface area contributed by atoms with Crippen molar-refractivity contribution in [1.29, 1.82) is 0 Å². The Bertz CT molecular complexity index is 857. The minimum atomic E-state index is -0.759. The van der Waals surface area contributed by atoms with Gasteiger partial charge < -0.3 is 14.2 Å². The maximum absolute atomic E-state index is 12.7. The number of ether oxygens (including phenoxy) is 3. The van der Waals surface area contributed by atoms with Gasteiger partial charge in [-0.25, -0.2) is 0 Å². The Labute approximate surface area is 355 Å². The molecule has 0 saturated heterocycles. The molecule has 0 bridgehead atoms. The zero-order chi connectivity index (χ0) is 41.7. The van der Waals surface area contributed by atoms with Gasteiger partial charge in [-0.2, -0.15) is 0 Å². The predicted molar refractivity (Wildman–Crippen MR) is 243 cm³/mol. The minimum Gasteiger partial charge on any atom is -0.462 e. The van der Waals surface area contributed by atoms with Gasteiger partial charge in [0.05, 0.1) is 0 Å². The van der Waals surface area contributed by atoms with Crippen molar-refractivity contribution >= 4 is 17.9 Å². The molecule has 0 amide bonds. The molecule has 0 aliphatic heterocycles. The molecule has 1 atom stereocenters. The number of carbonyl (C=O) groups excluding carboxylic acids is 3. The number of rotatable bonds is 46. The maximum Gasteiger partial charge on any atom is 0.306 e. The molecule has 6 nitrogen and oxygen atoms in total. The van der Waals surface area contributed by atoms with Crippen molar-refractivity contribution in [3.8, 4) is 0 Å². The third-order valence-electron chi connectivity index (χ3n) is 11.5. The summed E-state index contributed by atoms with van der Waals surface area (Å²) in [5.74, 6) is 0.00128. The molecule has 57 heavy (non-hydrogen) atoms. The van der Waals surface area contributed by atoms with Crippen molar-refractivity contribution in [2.45, 2.75) is 291 Å². The zero-order valence-corrected chi connectivity index (χ0v) is 38.8. The Balaban J connectivity index is 4.23. The van der Waals surface area contributed by atoms with E-state index in [2.05, 4.69) is 27.7 Å². The van der Waals surface area contributed by atoms with Crippen LogP contribution in [0.25, 0.3) is 0 Å². The van der Waals surface area contributed by atoms with E-state index in [1.807, 2.05) is 0 Å². The SMILES string of the molecule is CCCCCCCCCCCCCC(=O)OC[C@@H](COC(=O)CCCCCCCCCCCCCCCCCC(C)C)OC(=O)CCCCCCCCCCCC. The van der Waals surface area contributed by atoms with Crippen molar-refractivity contribution < 1.29 is 28.6 Å². The number of hydrogen-bond acceptors (Lipinski definition) is 6. The molecule has 0 aromatic carbocycles. The summed E-state index contributed by atoms with van der Waals surface area (Å²) in [6.45, 7) is 9.02. The van der Waals surface area contributed by atoms with E-state index in [0.29, 0.717) is 19.3 Å². The molecule has 0 aliphatic carbocycles. The van der Waals surface area contributed by atoms with E-state index in [-0.39, 0.29) is 31.1 Å². The van der Waals surface area contributed by atoms with Gasteiger partial charge in [0, 0.05) is 19.3 Å². The van der Waals surface area contributed by atoms with Crippen LogP contribution < -0.4 is 0 Å². The zero-order valence-electron chi connectivity index (χ0n) is 38.8. The molecule has 0 aliphatic rings. The smallest absolute Gasteiger partial charge is 0.306 e. The van der Waals surface area contributed by atoms with E-state index in [9.17, 15) is 14.4 Å². The van der Waals surface area contributed by atoms with Crippen LogP contribution in [0.5, 0.6) is 0 Å². The molecule has 338 valence electrons. The fourth-order valence-corrected chi connectivity index (χ4v) is 7.69. The highest BCUT2D eigenvalue weighted by molar-refractivity contribution is 5.71. The second-order valence-corrected chi connectivity index (χ2v) is 17.9. The van der Waals surface area contributed by atoms with Crippen LogP contribution in [0.2, 0.25) is 0 Å². The summed E-state index contributed by atoms with van der Waals surface area (Å²) in [7, 11) is 0. The summed E-state index contributed by atoms with van der Waals surface area (Å²) in [6.07, 6.45) is 46.6. The molecule has 6 heteroatoms. The maximum atomic E-state index is 12.7. The lowest BCUT2D eigenvalue weighted by atomic mass is 10.0. The van der Waals surface area contributed by atoms with Gasteiger partial charge >= 0.3 is 17.9 Å². The summed E-state index contributed by atoms with van der Waals surface area (Å²) in [6, 6.07) is 0. The normalized spacial score (nSPS) is 11.9. The quantitative estimate of drug-likeness (QED) is 0.0346. The molecule has 0 heterocycles. The van der Waals surface area contributed by atoms with Crippen molar-refractivity contribution in [2.75, 3.05) is 13.2 Å². The van der Waals surface area contributed by atoms with Crippen LogP contribution in [-0.4, -0.2) is 37.2 Å². The first-order valence-electron chi connectivity index (χ1n) is 25.4. The third-order valence-corrected chi connectivity index (χ3v) is 11.5. The molecule has 0 N–H and O–H groups in total. The van der Waals surface area contributed by atoms with Gasteiger partial charge in [0.25, 0.3) is 0 Å². The fourth-order valence-electron chi connectivity index (χ4n) is 7.69. The first kappa shape index (κ1) is 55.4. The van der Waals surface area contributed by atoms with Crippen LogP contribution in [0.1, 0.15) is 285 Å². The van der Waals surface area contributed by atoms with Gasteiger partial charge in [0.2, 0.25) is 0 Å². The van der Waals surface area contributed by atoms with Crippen molar-refractivity contribution in [2.24, 2.45) is 5.92 Å². The van der Waals surface area contributed by atoms with Crippen molar-refractivity contribution in [3.63, 3.8) is 0 Å². The Morgan fingerprint density at radius 1 is 0.333 bits per heavy atom. The topological polar surface area (TPSA) is 78.9 Å². The van der Waals surface area contributed by atoms with Gasteiger partial charge in [0.1, 0.15) is 13.2 Å². The highest BCUT2D eigenvalue weighted by atomic mass is 16.6. The molecular formula is C51H98O6. The van der Waals surface area contributed by atoms with Gasteiger partial charge in [-0.1, -0.05) is 246 Å². The van der Waals surface area contributed by atoms with Crippen LogP contribution in [0.15, 0.2) is 0 Å². The van der Waals surface area contributed by atoms with E-state index in [0.717, 1.165) is 63.7 Å². The summed E-state index contributed by atoms with van der Waals surface area (Å²) in [5, 5.41) is 0. The molecule has 0 spiro atoms. The largest absolute Gasteiger partial charge is 0.462 e. The number of unbranched alkanes of at least 4 members (excludes halogenated alkanes) is 33. The predicted octanol–water partition coefficient (Wildman–Crippen LogP) is 16.3. The second-order valence-electron chi connectivity index (χ2n) is 17.9. The van der Waals surface area contributed by atoms with Gasteiger partial charge in [-0.15, -0.1) is 0 Å². The van der Waals surface area contributed by atoms with Crippen LogP contribution >= 0.6 is 0 Å². The fraction of sp³-hybridized carbons (Fsp3) is 0.941. The van der Waals surface area contributed by atoms with Crippen LogP contribution in [0.3, 0.4) is 0 Å². The van der Waals surface area contributed by atoms with Gasteiger partial charge in [0.15, 0.2) is 6.10 Å². The molecule has 0 radical (unpaired) electrons. The molecule has 0 aromatic heterocycles. The molecule has 0 aromatic rings. The van der Waals surface area contributed by atoms with Crippen LogP contribution in [0, 0.1) is 5.92 Å². The third kappa shape index (κ3) is 45.3. The highest BCUT2D eigenvalue weighted by Gasteiger charge is 2.19. The Hall–Kier alpha value is -1.59. The lowest BCUT2D eigenvalue weighted by Gasteiger charge is -2.18.